The average Bonchev–Trinajstić information content (AvgIpc) is 2.18. The minimum absolute atomic E-state index is 0.0558. The molecule has 0 aliphatic heterocycles. The van der Waals surface area contributed by atoms with Gasteiger partial charge in [-0.15, -0.1) is 0 Å². The summed E-state index contributed by atoms with van der Waals surface area (Å²) in [7, 11) is 1.29. The van der Waals surface area contributed by atoms with Crippen LogP contribution in [0.1, 0.15) is 18.0 Å². The van der Waals surface area contributed by atoms with Crippen molar-refractivity contribution in [3.05, 3.63) is 29.3 Å². The highest BCUT2D eigenvalue weighted by atomic mass is 19.1. The van der Waals surface area contributed by atoms with Crippen molar-refractivity contribution in [2.75, 3.05) is 13.7 Å². The van der Waals surface area contributed by atoms with Crippen LogP contribution in [0.3, 0.4) is 0 Å². The van der Waals surface area contributed by atoms with Crippen molar-refractivity contribution < 1.29 is 18.6 Å². The minimum atomic E-state index is -0.870. The fourth-order valence-corrected chi connectivity index (χ4v) is 1.33. The molecule has 0 spiro atoms. The van der Waals surface area contributed by atoms with E-state index in [1.54, 1.807) is 0 Å². The summed E-state index contributed by atoms with van der Waals surface area (Å²) >= 11 is 0. The van der Waals surface area contributed by atoms with Gasteiger partial charge in [0.25, 0.3) is 0 Å². The quantitative estimate of drug-likeness (QED) is 0.800. The van der Waals surface area contributed by atoms with Gasteiger partial charge in [-0.1, -0.05) is 0 Å². The van der Waals surface area contributed by atoms with E-state index in [2.05, 4.69) is 0 Å². The largest absolute Gasteiger partial charge is 0.494 e. The SMILES string of the molecule is COc1ccc(F)c([C@H](N)CCO)c1F. The van der Waals surface area contributed by atoms with E-state index in [0.29, 0.717) is 0 Å². The van der Waals surface area contributed by atoms with Crippen LogP contribution in [-0.4, -0.2) is 18.8 Å². The first-order valence-electron chi connectivity index (χ1n) is 4.50. The van der Waals surface area contributed by atoms with E-state index in [1.807, 2.05) is 0 Å². The molecule has 1 aromatic rings. The van der Waals surface area contributed by atoms with Crippen LogP contribution in [-0.2, 0) is 0 Å². The zero-order valence-electron chi connectivity index (χ0n) is 8.34. The molecule has 0 fully saturated rings. The monoisotopic (exact) mass is 217 g/mol. The number of aliphatic hydroxyl groups is 1. The van der Waals surface area contributed by atoms with Crippen LogP contribution >= 0.6 is 0 Å². The van der Waals surface area contributed by atoms with Crippen molar-refractivity contribution in [1.29, 1.82) is 0 Å². The van der Waals surface area contributed by atoms with Crippen molar-refractivity contribution in [2.45, 2.75) is 12.5 Å². The summed E-state index contributed by atoms with van der Waals surface area (Å²) in [4.78, 5) is 0. The molecule has 84 valence electrons. The predicted octanol–water partition coefficient (Wildman–Crippen LogP) is 1.36. The third-order valence-corrected chi connectivity index (χ3v) is 2.12. The Labute approximate surface area is 86.5 Å². The van der Waals surface area contributed by atoms with Gasteiger partial charge in [-0.05, 0) is 18.6 Å². The predicted molar refractivity (Wildman–Crippen MR) is 51.5 cm³/mol. The van der Waals surface area contributed by atoms with E-state index < -0.39 is 17.7 Å². The molecule has 0 aliphatic carbocycles. The molecule has 0 saturated carbocycles. The highest BCUT2D eigenvalue weighted by Crippen LogP contribution is 2.27. The number of hydrogen-bond donors (Lipinski definition) is 2. The number of aliphatic hydroxyl groups excluding tert-OH is 1. The Kier molecular flexibility index (Phi) is 3.99. The molecule has 1 atom stereocenters. The molecule has 1 aromatic carbocycles. The Hall–Kier alpha value is -1.20. The van der Waals surface area contributed by atoms with E-state index in [9.17, 15) is 8.78 Å². The molecule has 5 heteroatoms. The average molecular weight is 217 g/mol. The van der Waals surface area contributed by atoms with E-state index in [-0.39, 0.29) is 24.3 Å². The van der Waals surface area contributed by atoms with Gasteiger partial charge in [-0.2, -0.15) is 0 Å². The fraction of sp³-hybridized carbons (Fsp3) is 0.400. The second-order valence-electron chi connectivity index (χ2n) is 3.10. The van der Waals surface area contributed by atoms with Gasteiger partial charge < -0.3 is 15.6 Å². The van der Waals surface area contributed by atoms with Gasteiger partial charge in [0.15, 0.2) is 11.6 Å². The summed E-state index contributed by atoms with van der Waals surface area (Å²) in [6.07, 6.45) is 0.0982. The molecule has 0 unspecified atom stereocenters. The molecule has 0 aliphatic rings. The lowest BCUT2D eigenvalue weighted by Gasteiger charge is -2.14. The van der Waals surface area contributed by atoms with Gasteiger partial charge in [0.2, 0.25) is 0 Å². The van der Waals surface area contributed by atoms with Crippen molar-refractivity contribution in [2.24, 2.45) is 5.73 Å². The Morgan fingerprint density at radius 1 is 1.47 bits per heavy atom. The summed E-state index contributed by atoms with van der Waals surface area (Å²) in [5.74, 6) is -1.59. The third kappa shape index (κ3) is 2.43. The number of rotatable bonds is 4. The zero-order chi connectivity index (χ0) is 11.4. The molecule has 0 bridgehead atoms. The number of benzene rings is 1. The maximum Gasteiger partial charge on any atom is 0.172 e. The Bertz CT molecular complexity index is 344. The number of hydrogen-bond acceptors (Lipinski definition) is 3. The van der Waals surface area contributed by atoms with Crippen LogP contribution in [0.15, 0.2) is 12.1 Å². The second-order valence-corrected chi connectivity index (χ2v) is 3.10. The van der Waals surface area contributed by atoms with Crippen molar-refractivity contribution >= 4 is 0 Å². The van der Waals surface area contributed by atoms with Crippen molar-refractivity contribution in [3.8, 4) is 5.75 Å². The lowest BCUT2D eigenvalue weighted by molar-refractivity contribution is 0.273. The van der Waals surface area contributed by atoms with E-state index >= 15 is 0 Å². The lowest BCUT2D eigenvalue weighted by atomic mass is 10.0. The van der Waals surface area contributed by atoms with Gasteiger partial charge in [0.1, 0.15) is 5.82 Å². The van der Waals surface area contributed by atoms with Crippen molar-refractivity contribution in [1.82, 2.24) is 0 Å². The molecule has 0 heterocycles. The molecule has 3 N–H and O–H groups in total. The molecule has 0 radical (unpaired) electrons. The second kappa shape index (κ2) is 5.04. The molecular weight excluding hydrogens is 204 g/mol. The number of methoxy groups -OCH3 is 1. The summed E-state index contributed by atoms with van der Waals surface area (Å²) < 4.78 is 31.6. The van der Waals surface area contributed by atoms with Gasteiger partial charge in [-0.3, -0.25) is 0 Å². The molecule has 0 saturated heterocycles. The van der Waals surface area contributed by atoms with E-state index in [4.69, 9.17) is 15.6 Å². The summed E-state index contributed by atoms with van der Waals surface area (Å²) in [6, 6.07) is 1.42. The Balaban J connectivity index is 3.14. The van der Waals surface area contributed by atoms with Gasteiger partial charge in [0.05, 0.1) is 7.11 Å². The molecule has 0 aromatic heterocycles. The molecule has 15 heavy (non-hydrogen) atoms. The highest BCUT2D eigenvalue weighted by Gasteiger charge is 2.19. The number of halogens is 2. The topological polar surface area (TPSA) is 55.5 Å². The van der Waals surface area contributed by atoms with Crippen LogP contribution in [0.4, 0.5) is 8.78 Å². The van der Waals surface area contributed by atoms with Crippen molar-refractivity contribution in [3.63, 3.8) is 0 Å². The van der Waals surface area contributed by atoms with Crippen LogP contribution in [0.5, 0.6) is 5.75 Å². The molecule has 1 rings (SSSR count). The smallest absolute Gasteiger partial charge is 0.172 e. The molecular formula is C10H13F2NO2. The standard InChI is InChI=1S/C10H13F2NO2/c1-15-8-3-2-6(11)9(10(8)12)7(13)4-5-14/h2-3,7,14H,4-5,13H2,1H3/t7-/m1/s1. The van der Waals surface area contributed by atoms with Crippen LogP contribution in [0.2, 0.25) is 0 Å². The summed E-state index contributed by atoms with van der Waals surface area (Å²) in [5.41, 5.74) is 5.29. The molecule has 3 nitrogen and oxygen atoms in total. The maximum absolute atomic E-state index is 13.6. The van der Waals surface area contributed by atoms with Gasteiger partial charge in [0, 0.05) is 18.2 Å². The Morgan fingerprint density at radius 2 is 2.13 bits per heavy atom. The third-order valence-electron chi connectivity index (χ3n) is 2.12. The number of ether oxygens (including phenoxy) is 1. The maximum atomic E-state index is 13.6. The fourth-order valence-electron chi connectivity index (χ4n) is 1.33. The first kappa shape index (κ1) is 11.9. The van der Waals surface area contributed by atoms with Crippen LogP contribution in [0, 0.1) is 11.6 Å². The van der Waals surface area contributed by atoms with Gasteiger partial charge >= 0.3 is 0 Å². The van der Waals surface area contributed by atoms with E-state index in [0.717, 1.165) is 6.07 Å². The summed E-state index contributed by atoms with van der Waals surface area (Å²) in [5, 5.41) is 8.65. The lowest BCUT2D eigenvalue weighted by Crippen LogP contribution is -2.16. The Morgan fingerprint density at radius 3 is 2.67 bits per heavy atom. The zero-order valence-corrected chi connectivity index (χ0v) is 8.34. The summed E-state index contributed by atoms with van der Waals surface area (Å²) in [6.45, 7) is -0.225. The van der Waals surface area contributed by atoms with Gasteiger partial charge in [-0.25, -0.2) is 8.78 Å². The molecule has 0 amide bonds. The first-order chi connectivity index (χ1) is 7.11. The first-order valence-corrected chi connectivity index (χ1v) is 4.50. The normalized spacial score (nSPS) is 12.6. The minimum Gasteiger partial charge on any atom is -0.494 e. The van der Waals surface area contributed by atoms with Crippen LogP contribution < -0.4 is 10.5 Å². The highest BCUT2D eigenvalue weighted by molar-refractivity contribution is 5.34. The van der Waals surface area contributed by atoms with E-state index in [1.165, 1.54) is 13.2 Å². The van der Waals surface area contributed by atoms with Crippen LogP contribution in [0.25, 0.3) is 0 Å². The number of nitrogens with two attached hydrogens (primary N) is 1.